The number of Topliss-reactive ketones (excluding diaryl/α,β-unsaturated/α-hetero) is 1. The van der Waals surface area contributed by atoms with Crippen LogP contribution in [0.2, 0.25) is 0 Å². The molecule has 0 spiro atoms. The molecule has 0 saturated carbocycles. The predicted octanol–water partition coefficient (Wildman–Crippen LogP) is 5.44. The van der Waals surface area contributed by atoms with Gasteiger partial charge >= 0.3 is 0 Å². The molecule has 0 aliphatic carbocycles. The van der Waals surface area contributed by atoms with Gasteiger partial charge in [0.05, 0.1) is 5.69 Å². The van der Waals surface area contributed by atoms with Gasteiger partial charge in [-0.3, -0.25) is 9.59 Å². The van der Waals surface area contributed by atoms with E-state index in [-0.39, 0.29) is 11.7 Å². The van der Waals surface area contributed by atoms with Crippen LogP contribution >= 0.6 is 0 Å². The minimum Gasteiger partial charge on any atom is -0.383 e. The van der Waals surface area contributed by atoms with Gasteiger partial charge < -0.3 is 10.6 Å². The lowest BCUT2D eigenvalue weighted by Gasteiger charge is -2.22. The monoisotopic (exact) mass is 433 g/mol. The first kappa shape index (κ1) is 23.1. The van der Waals surface area contributed by atoms with Gasteiger partial charge in [-0.2, -0.15) is 0 Å². The third kappa shape index (κ3) is 5.38. The van der Waals surface area contributed by atoms with Crippen molar-refractivity contribution in [2.75, 3.05) is 17.2 Å². The van der Waals surface area contributed by atoms with Gasteiger partial charge in [-0.1, -0.05) is 50.2 Å². The van der Waals surface area contributed by atoms with Crippen LogP contribution in [-0.2, 0) is 11.2 Å². The molecule has 1 amide bonds. The average molecular weight is 434 g/mol. The summed E-state index contributed by atoms with van der Waals surface area (Å²) < 4.78 is 14.8. The number of aromatic nitrogens is 1. The van der Waals surface area contributed by atoms with E-state index in [9.17, 15) is 14.0 Å². The number of nitrogen functional groups attached to an aromatic ring is 1. The second-order valence-corrected chi connectivity index (χ2v) is 7.61. The number of pyridine rings is 1. The first-order valence-corrected chi connectivity index (χ1v) is 10.9. The summed E-state index contributed by atoms with van der Waals surface area (Å²) in [7, 11) is 0. The highest BCUT2D eigenvalue weighted by Crippen LogP contribution is 2.28. The number of aryl methyl sites for hydroxylation is 1. The minimum absolute atomic E-state index is 0.00890. The van der Waals surface area contributed by atoms with E-state index in [0.717, 1.165) is 17.5 Å². The summed E-state index contributed by atoms with van der Waals surface area (Å²) >= 11 is 0. The highest BCUT2D eigenvalue weighted by atomic mass is 19.1. The summed E-state index contributed by atoms with van der Waals surface area (Å²) in [6.07, 6.45) is 3.55. The first-order chi connectivity index (χ1) is 15.4. The number of hydrogen-bond donors (Lipinski definition) is 1. The number of carbonyl (C=O) groups is 2. The number of rotatable bonds is 9. The third-order valence-corrected chi connectivity index (χ3v) is 5.38. The van der Waals surface area contributed by atoms with E-state index in [4.69, 9.17) is 5.73 Å². The van der Waals surface area contributed by atoms with Gasteiger partial charge in [-0.25, -0.2) is 9.37 Å². The molecule has 2 aromatic carbocycles. The molecule has 0 fully saturated rings. The lowest BCUT2D eigenvalue weighted by atomic mass is 9.99. The zero-order chi connectivity index (χ0) is 23.1. The Balaban J connectivity index is 1.72. The van der Waals surface area contributed by atoms with Gasteiger partial charge in [0.1, 0.15) is 11.6 Å². The zero-order valence-corrected chi connectivity index (χ0v) is 18.5. The minimum atomic E-state index is -0.438. The molecule has 0 bridgehead atoms. The number of ketones is 1. The number of anilines is 2. The maximum Gasteiger partial charge on any atom is 0.226 e. The van der Waals surface area contributed by atoms with Crippen molar-refractivity contribution in [2.45, 2.75) is 39.5 Å². The molecule has 2 N–H and O–H groups in total. The van der Waals surface area contributed by atoms with Crippen LogP contribution < -0.4 is 10.6 Å². The Labute approximate surface area is 188 Å². The highest BCUT2D eigenvalue weighted by Gasteiger charge is 2.17. The standard InChI is InChI=1S/C26H28FN3O2/c1-3-16-30(25(32)4-2)23-13-11-21(17-22(23)27)18-7-9-19(10-8-18)24(31)14-12-20-6-5-15-29-26(20)28/h5-11,13,15,17H,3-4,12,14,16H2,1-2H3,(H2,28,29). The highest BCUT2D eigenvalue weighted by molar-refractivity contribution is 5.97. The first-order valence-electron chi connectivity index (χ1n) is 10.9. The number of hydrogen-bond acceptors (Lipinski definition) is 4. The van der Waals surface area contributed by atoms with Crippen molar-refractivity contribution in [2.24, 2.45) is 0 Å². The molecule has 5 nitrogen and oxygen atoms in total. The van der Waals surface area contributed by atoms with Crippen LogP contribution in [0.1, 0.15) is 49.0 Å². The van der Waals surface area contributed by atoms with Gasteiger partial charge in [0.25, 0.3) is 0 Å². The molecular formula is C26H28FN3O2. The van der Waals surface area contributed by atoms with Crippen LogP contribution in [0.5, 0.6) is 0 Å². The molecule has 6 heteroatoms. The summed E-state index contributed by atoms with van der Waals surface area (Å²) in [5.41, 5.74) is 9.07. The summed E-state index contributed by atoms with van der Waals surface area (Å²) in [6, 6.07) is 15.7. The second-order valence-electron chi connectivity index (χ2n) is 7.61. The van der Waals surface area contributed by atoms with Crippen molar-refractivity contribution in [1.29, 1.82) is 0 Å². The van der Waals surface area contributed by atoms with Crippen LogP contribution in [0.25, 0.3) is 11.1 Å². The molecule has 0 aliphatic heterocycles. The van der Waals surface area contributed by atoms with E-state index in [0.29, 0.717) is 48.4 Å². The van der Waals surface area contributed by atoms with E-state index >= 15 is 0 Å². The van der Waals surface area contributed by atoms with Crippen molar-refractivity contribution in [3.8, 4) is 11.1 Å². The zero-order valence-electron chi connectivity index (χ0n) is 18.5. The fourth-order valence-corrected chi connectivity index (χ4v) is 3.60. The van der Waals surface area contributed by atoms with Crippen molar-refractivity contribution in [3.05, 3.63) is 77.7 Å². The van der Waals surface area contributed by atoms with Gasteiger partial charge in [-0.15, -0.1) is 0 Å². The third-order valence-electron chi connectivity index (χ3n) is 5.38. The van der Waals surface area contributed by atoms with Crippen LogP contribution in [0.4, 0.5) is 15.9 Å². The SMILES string of the molecule is CCCN(C(=O)CC)c1ccc(-c2ccc(C(=O)CCc3cccnc3N)cc2)cc1F. The summed E-state index contributed by atoms with van der Waals surface area (Å²) in [4.78, 5) is 30.3. The molecule has 3 rings (SSSR count). The molecule has 0 radical (unpaired) electrons. The maximum absolute atomic E-state index is 14.8. The van der Waals surface area contributed by atoms with Crippen molar-refractivity contribution < 1.29 is 14.0 Å². The average Bonchev–Trinajstić information content (AvgIpc) is 2.81. The molecule has 0 aliphatic rings. The molecule has 32 heavy (non-hydrogen) atoms. The van der Waals surface area contributed by atoms with E-state index < -0.39 is 5.82 Å². The number of halogens is 1. The summed E-state index contributed by atoms with van der Waals surface area (Å²) in [6.45, 7) is 4.20. The van der Waals surface area contributed by atoms with Crippen molar-refractivity contribution in [3.63, 3.8) is 0 Å². The molecule has 0 unspecified atom stereocenters. The Morgan fingerprint density at radius 2 is 1.75 bits per heavy atom. The van der Waals surface area contributed by atoms with E-state index in [1.54, 1.807) is 55.6 Å². The molecule has 3 aromatic rings. The smallest absolute Gasteiger partial charge is 0.226 e. The number of carbonyl (C=O) groups excluding carboxylic acids is 2. The second kappa shape index (κ2) is 10.7. The van der Waals surface area contributed by atoms with Gasteiger partial charge in [0.2, 0.25) is 5.91 Å². The van der Waals surface area contributed by atoms with Crippen LogP contribution in [-0.4, -0.2) is 23.2 Å². The van der Waals surface area contributed by atoms with Gasteiger partial charge in [-0.05, 0) is 47.7 Å². The number of benzene rings is 2. The molecule has 1 aromatic heterocycles. The van der Waals surface area contributed by atoms with E-state index in [2.05, 4.69) is 4.98 Å². The Morgan fingerprint density at radius 1 is 1.03 bits per heavy atom. The van der Waals surface area contributed by atoms with Gasteiger partial charge in [0, 0.05) is 31.1 Å². The number of nitrogens with zero attached hydrogens (tertiary/aromatic N) is 2. The van der Waals surface area contributed by atoms with Crippen LogP contribution in [0.15, 0.2) is 60.8 Å². The lowest BCUT2D eigenvalue weighted by Crippen LogP contribution is -2.31. The molecule has 1 heterocycles. The lowest BCUT2D eigenvalue weighted by molar-refractivity contribution is -0.118. The number of amides is 1. The quantitative estimate of drug-likeness (QED) is 0.456. The number of nitrogens with two attached hydrogens (primary N) is 1. The molecule has 0 saturated heterocycles. The largest absolute Gasteiger partial charge is 0.383 e. The van der Waals surface area contributed by atoms with Crippen LogP contribution in [0.3, 0.4) is 0 Å². The van der Waals surface area contributed by atoms with Crippen molar-refractivity contribution >= 4 is 23.2 Å². The molecule has 166 valence electrons. The Kier molecular flexibility index (Phi) is 7.71. The van der Waals surface area contributed by atoms with E-state index in [1.165, 1.54) is 11.0 Å². The topological polar surface area (TPSA) is 76.3 Å². The van der Waals surface area contributed by atoms with Crippen molar-refractivity contribution in [1.82, 2.24) is 4.98 Å². The summed E-state index contributed by atoms with van der Waals surface area (Å²) in [5, 5.41) is 0. The van der Waals surface area contributed by atoms with Crippen LogP contribution in [0, 0.1) is 5.82 Å². The Hall–Kier alpha value is -3.54. The Morgan fingerprint density at radius 3 is 2.38 bits per heavy atom. The molecular weight excluding hydrogens is 405 g/mol. The predicted molar refractivity (Wildman–Crippen MR) is 126 cm³/mol. The maximum atomic E-state index is 14.8. The fourth-order valence-electron chi connectivity index (χ4n) is 3.60. The Bertz CT molecular complexity index is 1100. The summed E-state index contributed by atoms with van der Waals surface area (Å²) in [5.74, 6) is -0.0877. The normalized spacial score (nSPS) is 10.7. The molecule has 0 atom stereocenters. The van der Waals surface area contributed by atoms with Gasteiger partial charge in [0.15, 0.2) is 5.78 Å². The van der Waals surface area contributed by atoms with E-state index in [1.807, 2.05) is 13.0 Å². The fraction of sp³-hybridized carbons (Fsp3) is 0.269.